The second kappa shape index (κ2) is 13.2. The molecule has 1 aliphatic rings. The molecule has 1 fully saturated rings. The third-order valence-corrected chi connectivity index (χ3v) is 7.41. The molecular formula is C33H36ClN3O6. The molecule has 5 rings (SSSR count). The number of aliphatic hydroxyl groups excluding tert-OH is 1. The van der Waals surface area contributed by atoms with Gasteiger partial charge in [0.2, 0.25) is 11.8 Å². The molecule has 1 unspecified atom stereocenters. The maximum absolute atomic E-state index is 13.9. The van der Waals surface area contributed by atoms with Crippen LogP contribution < -0.4 is 5.32 Å². The van der Waals surface area contributed by atoms with Crippen LogP contribution in [0.25, 0.3) is 11.1 Å². The van der Waals surface area contributed by atoms with Gasteiger partial charge < -0.3 is 24.3 Å². The summed E-state index contributed by atoms with van der Waals surface area (Å²) in [7, 11) is 0. The Morgan fingerprint density at radius 3 is 2.44 bits per heavy atom. The third kappa shape index (κ3) is 7.93. The number of fused-ring (bicyclic) bond motifs is 1. The van der Waals surface area contributed by atoms with Gasteiger partial charge in [0.15, 0.2) is 11.7 Å². The van der Waals surface area contributed by atoms with Gasteiger partial charge in [-0.3, -0.25) is 9.69 Å². The molecule has 0 spiro atoms. The third-order valence-electron chi connectivity index (χ3n) is 7.16. The number of benzene rings is 3. The number of oxazole rings is 1. The molecule has 226 valence electrons. The summed E-state index contributed by atoms with van der Waals surface area (Å²) in [6.45, 7) is 5.80. The maximum atomic E-state index is 13.9. The van der Waals surface area contributed by atoms with E-state index >= 15 is 0 Å². The number of aliphatic hydroxyl groups is 1. The average Bonchev–Trinajstić information content (AvgIpc) is 3.61. The number of hydrogen-bond donors (Lipinski definition) is 2. The van der Waals surface area contributed by atoms with Gasteiger partial charge >= 0.3 is 6.09 Å². The SMILES string of the molecule is CC(C)(C)OC(=O)N1C[C@H](OCc2ccc(Cl)cc2)C[C@H]1C(=O)N[C@@H](Cc1ccccc1)C(O)c1nc2ccccc2o1. The van der Waals surface area contributed by atoms with Crippen LogP contribution >= 0.6 is 11.6 Å². The molecule has 0 radical (unpaired) electrons. The number of carbonyl (C=O) groups excluding carboxylic acids is 2. The highest BCUT2D eigenvalue weighted by molar-refractivity contribution is 6.30. The molecule has 0 bridgehead atoms. The van der Waals surface area contributed by atoms with Gasteiger partial charge in [-0.1, -0.05) is 66.2 Å². The zero-order valence-electron chi connectivity index (χ0n) is 24.4. The van der Waals surface area contributed by atoms with E-state index in [0.29, 0.717) is 29.2 Å². The minimum atomic E-state index is -1.25. The largest absolute Gasteiger partial charge is 0.444 e. The minimum Gasteiger partial charge on any atom is -0.444 e. The summed E-state index contributed by atoms with van der Waals surface area (Å²) in [6.07, 6.45) is -1.69. The number of carbonyl (C=O) groups is 2. The summed E-state index contributed by atoms with van der Waals surface area (Å²) < 4.78 is 17.6. The molecule has 9 nitrogen and oxygen atoms in total. The molecule has 1 aromatic heterocycles. The molecule has 3 aromatic carbocycles. The van der Waals surface area contributed by atoms with Crippen LogP contribution in [0.4, 0.5) is 4.79 Å². The van der Waals surface area contributed by atoms with Gasteiger partial charge in [0.05, 0.1) is 25.3 Å². The van der Waals surface area contributed by atoms with E-state index < -0.39 is 41.9 Å². The highest BCUT2D eigenvalue weighted by Crippen LogP contribution is 2.27. The first-order chi connectivity index (χ1) is 20.6. The lowest BCUT2D eigenvalue weighted by molar-refractivity contribution is -0.127. The van der Waals surface area contributed by atoms with Crippen molar-refractivity contribution in [2.24, 2.45) is 0 Å². The Bertz CT molecular complexity index is 1500. The number of nitrogens with one attached hydrogen (secondary N) is 1. The highest BCUT2D eigenvalue weighted by atomic mass is 35.5. The molecule has 10 heteroatoms. The molecule has 2 heterocycles. The van der Waals surface area contributed by atoms with Crippen molar-refractivity contribution in [2.75, 3.05) is 6.54 Å². The molecule has 4 atom stereocenters. The number of amides is 2. The quantitative estimate of drug-likeness (QED) is 0.246. The number of halogens is 1. The van der Waals surface area contributed by atoms with Crippen molar-refractivity contribution < 1.29 is 28.6 Å². The highest BCUT2D eigenvalue weighted by Gasteiger charge is 2.43. The van der Waals surface area contributed by atoms with Gasteiger partial charge in [0, 0.05) is 11.4 Å². The lowest BCUT2D eigenvalue weighted by Crippen LogP contribution is -2.51. The second-order valence-electron chi connectivity index (χ2n) is 11.7. The van der Waals surface area contributed by atoms with E-state index in [0.717, 1.165) is 11.1 Å². The number of aromatic nitrogens is 1. The predicted molar refractivity (Wildman–Crippen MR) is 162 cm³/mol. The Hall–Kier alpha value is -3.92. The Morgan fingerprint density at radius 1 is 1.05 bits per heavy atom. The molecule has 2 amide bonds. The van der Waals surface area contributed by atoms with Gasteiger partial charge in [-0.2, -0.15) is 0 Å². The van der Waals surface area contributed by atoms with Crippen LogP contribution in [-0.2, 0) is 27.3 Å². The van der Waals surface area contributed by atoms with Crippen molar-refractivity contribution in [3.63, 3.8) is 0 Å². The number of para-hydroxylation sites is 2. The summed E-state index contributed by atoms with van der Waals surface area (Å²) in [5.41, 5.74) is 2.22. The Kier molecular flexibility index (Phi) is 9.34. The van der Waals surface area contributed by atoms with E-state index in [1.807, 2.05) is 54.6 Å². The van der Waals surface area contributed by atoms with Crippen LogP contribution in [0.1, 0.15) is 50.3 Å². The number of likely N-dealkylation sites (tertiary alicyclic amines) is 1. The van der Waals surface area contributed by atoms with Gasteiger partial charge in [-0.25, -0.2) is 9.78 Å². The van der Waals surface area contributed by atoms with Crippen molar-refractivity contribution in [2.45, 2.75) is 70.1 Å². The van der Waals surface area contributed by atoms with Crippen LogP contribution in [0.2, 0.25) is 5.02 Å². The minimum absolute atomic E-state index is 0.0991. The first-order valence-corrected chi connectivity index (χ1v) is 14.7. The Labute approximate surface area is 255 Å². The maximum Gasteiger partial charge on any atom is 0.411 e. The van der Waals surface area contributed by atoms with E-state index in [9.17, 15) is 14.7 Å². The van der Waals surface area contributed by atoms with E-state index in [4.69, 9.17) is 25.5 Å². The van der Waals surface area contributed by atoms with Crippen molar-refractivity contribution in [1.82, 2.24) is 15.2 Å². The average molecular weight is 606 g/mol. The molecule has 1 aliphatic heterocycles. The zero-order chi connectivity index (χ0) is 30.6. The van der Waals surface area contributed by atoms with Crippen molar-refractivity contribution in [1.29, 1.82) is 0 Å². The van der Waals surface area contributed by atoms with Crippen LogP contribution in [-0.4, -0.2) is 57.3 Å². The van der Waals surface area contributed by atoms with Crippen molar-refractivity contribution in [3.05, 3.63) is 101 Å². The fourth-order valence-electron chi connectivity index (χ4n) is 5.06. The lowest BCUT2D eigenvalue weighted by Gasteiger charge is -2.29. The standard InChI is InChI=1S/C33H36ClN3O6/c1-33(2,3)43-32(40)37-19-24(41-20-22-13-15-23(34)16-14-22)18-27(37)30(39)35-26(17-21-9-5-4-6-10-21)29(38)31-36-25-11-7-8-12-28(25)42-31/h4-16,24,26-27,29,38H,17-20H2,1-3H3,(H,35,39)/t24-,26+,27+,29?/m1/s1. The smallest absolute Gasteiger partial charge is 0.411 e. The second-order valence-corrected chi connectivity index (χ2v) is 12.1. The van der Waals surface area contributed by atoms with Crippen molar-refractivity contribution in [3.8, 4) is 0 Å². The summed E-state index contributed by atoms with van der Waals surface area (Å²) >= 11 is 6.00. The van der Waals surface area contributed by atoms with Crippen LogP contribution in [0, 0.1) is 0 Å². The lowest BCUT2D eigenvalue weighted by atomic mass is 10.00. The van der Waals surface area contributed by atoms with E-state index in [1.54, 1.807) is 45.0 Å². The van der Waals surface area contributed by atoms with Gasteiger partial charge in [0.1, 0.15) is 17.2 Å². The molecule has 4 aromatic rings. The first kappa shape index (κ1) is 30.5. The topological polar surface area (TPSA) is 114 Å². The predicted octanol–water partition coefficient (Wildman–Crippen LogP) is 5.84. The van der Waals surface area contributed by atoms with Gasteiger partial charge in [0.25, 0.3) is 0 Å². The van der Waals surface area contributed by atoms with Crippen LogP contribution in [0.15, 0.2) is 83.3 Å². The van der Waals surface area contributed by atoms with Crippen molar-refractivity contribution >= 4 is 34.7 Å². The van der Waals surface area contributed by atoms with Crippen LogP contribution in [0.5, 0.6) is 0 Å². The normalized spacial score (nSPS) is 18.4. The molecule has 0 aliphatic carbocycles. The van der Waals surface area contributed by atoms with E-state index in [2.05, 4.69) is 10.3 Å². The van der Waals surface area contributed by atoms with Gasteiger partial charge in [-0.15, -0.1) is 0 Å². The molecule has 1 saturated heterocycles. The van der Waals surface area contributed by atoms with E-state index in [1.165, 1.54) is 4.90 Å². The summed E-state index contributed by atoms with van der Waals surface area (Å²) in [5.74, 6) is -0.332. The van der Waals surface area contributed by atoms with Gasteiger partial charge in [-0.05, 0) is 62.6 Å². The molecular weight excluding hydrogens is 570 g/mol. The number of ether oxygens (including phenoxy) is 2. The molecule has 0 saturated carbocycles. The number of hydrogen-bond acceptors (Lipinski definition) is 7. The molecule has 43 heavy (non-hydrogen) atoms. The first-order valence-electron chi connectivity index (χ1n) is 14.3. The van der Waals surface area contributed by atoms with E-state index in [-0.39, 0.29) is 18.9 Å². The zero-order valence-corrected chi connectivity index (χ0v) is 25.2. The Balaban J connectivity index is 1.36. The van der Waals surface area contributed by atoms with Crippen LogP contribution in [0.3, 0.4) is 0 Å². The monoisotopic (exact) mass is 605 g/mol. The summed E-state index contributed by atoms with van der Waals surface area (Å²) in [5, 5.41) is 15.1. The summed E-state index contributed by atoms with van der Waals surface area (Å²) in [6, 6.07) is 22.4. The number of nitrogens with zero attached hydrogens (tertiary/aromatic N) is 2. The summed E-state index contributed by atoms with van der Waals surface area (Å²) in [4.78, 5) is 33.0. The number of rotatable bonds is 9. The Morgan fingerprint density at radius 2 is 1.74 bits per heavy atom. The fourth-order valence-corrected chi connectivity index (χ4v) is 5.19. The molecule has 2 N–H and O–H groups in total. The fraction of sp³-hybridized carbons (Fsp3) is 0.364.